The van der Waals surface area contributed by atoms with Crippen LogP contribution >= 0.6 is 0 Å². The van der Waals surface area contributed by atoms with Crippen molar-refractivity contribution in [2.75, 3.05) is 11.1 Å². The second kappa shape index (κ2) is 5.12. The monoisotopic (exact) mass is 268 g/mol. The van der Waals surface area contributed by atoms with Crippen molar-refractivity contribution in [1.29, 1.82) is 0 Å². The predicted octanol–water partition coefficient (Wildman–Crippen LogP) is 3.42. The molecule has 0 spiro atoms. The van der Waals surface area contributed by atoms with Gasteiger partial charge in [0.1, 0.15) is 17.5 Å². The van der Waals surface area contributed by atoms with Gasteiger partial charge in [-0.25, -0.2) is 9.97 Å². The molecule has 1 aromatic heterocycles. The van der Waals surface area contributed by atoms with E-state index in [4.69, 9.17) is 5.73 Å². The summed E-state index contributed by atoms with van der Waals surface area (Å²) in [7, 11) is 0. The molecule has 0 bridgehead atoms. The van der Waals surface area contributed by atoms with Gasteiger partial charge in [-0.2, -0.15) is 0 Å². The van der Waals surface area contributed by atoms with Gasteiger partial charge in [-0.05, 0) is 32.3 Å². The van der Waals surface area contributed by atoms with Gasteiger partial charge in [-0.15, -0.1) is 0 Å². The maximum Gasteiger partial charge on any atom is 0.136 e. The molecule has 1 heterocycles. The second-order valence-electron chi connectivity index (χ2n) is 5.49. The summed E-state index contributed by atoms with van der Waals surface area (Å²) in [5.41, 5.74) is 8.17. The van der Waals surface area contributed by atoms with Crippen molar-refractivity contribution in [3.8, 4) is 0 Å². The third-order valence-corrected chi connectivity index (χ3v) is 3.80. The highest BCUT2D eigenvalue weighted by Crippen LogP contribution is 2.39. The van der Waals surface area contributed by atoms with Gasteiger partial charge in [0.15, 0.2) is 0 Å². The lowest BCUT2D eigenvalue weighted by Gasteiger charge is -2.18. The van der Waals surface area contributed by atoms with Gasteiger partial charge >= 0.3 is 0 Å². The normalized spacial score (nSPS) is 15.9. The van der Waals surface area contributed by atoms with E-state index in [1.54, 1.807) is 0 Å². The minimum absolute atomic E-state index is 0.191. The zero-order valence-corrected chi connectivity index (χ0v) is 11.9. The Kier molecular flexibility index (Phi) is 3.30. The van der Waals surface area contributed by atoms with Gasteiger partial charge in [0.2, 0.25) is 0 Å². The Morgan fingerprint density at radius 3 is 2.55 bits per heavy atom. The molecule has 0 aliphatic heterocycles. The number of nitrogen functional groups attached to an aromatic ring is 1. The molecule has 1 fully saturated rings. The fourth-order valence-corrected chi connectivity index (χ4v) is 2.25. The molecule has 3 rings (SSSR count). The average Bonchev–Trinajstić information content (AvgIpc) is 3.29. The highest BCUT2D eigenvalue weighted by molar-refractivity contribution is 5.56. The Morgan fingerprint density at radius 2 is 1.90 bits per heavy atom. The van der Waals surface area contributed by atoms with Crippen LogP contribution in [-0.2, 0) is 0 Å². The first-order valence-corrected chi connectivity index (χ1v) is 7.10. The van der Waals surface area contributed by atoms with E-state index in [1.807, 2.05) is 25.1 Å². The van der Waals surface area contributed by atoms with Crippen LogP contribution in [0.4, 0.5) is 11.6 Å². The Balaban J connectivity index is 1.86. The molecule has 1 unspecified atom stereocenters. The topological polar surface area (TPSA) is 63.8 Å². The number of nitrogens with zero attached hydrogens (tertiary/aromatic N) is 2. The lowest BCUT2D eigenvalue weighted by atomic mass is 10.1. The molecule has 2 aromatic rings. The molecular formula is C16H20N4. The Hall–Kier alpha value is -2.10. The first-order chi connectivity index (χ1) is 9.65. The van der Waals surface area contributed by atoms with Crippen LogP contribution in [0.2, 0.25) is 0 Å². The summed E-state index contributed by atoms with van der Waals surface area (Å²) in [5, 5.41) is 3.46. The van der Waals surface area contributed by atoms with E-state index in [9.17, 15) is 0 Å². The van der Waals surface area contributed by atoms with Crippen molar-refractivity contribution < 1.29 is 0 Å². The van der Waals surface area contributed by atoms with Crippen LogP contribution in [0.3, 0.4) is 0 Å². The second-order valence-corrected chi connectivity index (χ2v) is 5.49. The lowest BCUT2D eigenvalue weighted by Crippen LogP contribution is -2.12. The molecule has 0 saturated heterocycles. The quantitative estimate of drug-likeness (QED) is 0.891. The van der Waals surface area contributed by atoms with Crippen molar-refractivity contribution in [3.05, 3.63) is 47.3 Å². The summed E-state index contributed by atoms with van der Waals surface area (Å²) >= 11 is 0. The van der Waals surface area contributed by atoms with Crippen LogP contribution in [0.1, 0.15) is 48.7 Å². The summed E-state index contributed by atoms with van der Waals surface area (Å²) in [4.78, 5) is 9.06. The van der Waals surface area contributed by atoms with Crippen LogP contribution < -0.4 is 11.1 Å². The number of hydrogen-bond donors (Lipinski definition) is 2. The number of nitrogens with one attached hydrogen (secondary N) is 1. The number of anilines is 2. The first kappa shape index (κ1) is 12.9. The number of aromatic nitrogens is 2. The van der Waals surface area contributed by atoms with Crippen molar-refractivity contribution in [2.24, 2.45) is 0 Å². The third kappa shape index (κ3) is 2.59. The Bertz CT molecular complexity index is 605. The van der Waals surface area contributed by atoms with E-state index >= 15 is 0 Å². The van der Waals surface area contributed by atoms with Crippen molar-refractivity contribution in [3.63, 3.8) is 0 Å². The maximum absolute atomic E-state index is 6.01. The number of nitrogens with two attached hydrogens (primary N) is 1. The van der Waals surface area contributed by atoms with E-state index in [1.165, 1.54) is 18.4 Å². The molecule has 20 heavy (non-hydrogen) atoms. The van der Waals surface area contributed by atoms with Gasteiger partial charge in [0.05, 0.1) is 0 Å². The number of rotatable bonds is 4. The van der Waals surface area contributed by atoms with Gasteiger partial charge in [0, 0.05) is 17.5 Å². The number of hydrogen-bond acceptors (Lipinski definition) is 4. The molecule has 0 amide bonds. The average molecular weight is 268 g/mol. The first-order valence-electron chi connectivity index (χ1n) is 7.10. The highest BCUT2D eigenvalue weighted by atomic mass is 15.1. The fourth-order valence-electron chi connectivity index (χ4n) is 2.25. The summed E-state index contributed by atoms with van der Waals surface area (Å²) in [6.45, 7) is 4.09. The van der Waals surface area contributed by atoms with Crippen LogP contribution in [0.5, 0.6) is 0 Å². The van der Waals surface area contributed by atoms with Crippen molar-refractivity contribution in [2.45, 2.75) is 38.6 Å². The zero-order chi connectivity index (χ0) is 14.1. The summed E-state index contributed by atoms with van der Waals surface area (Å²) in [6.07, 6.45) is 2.35. The molecule has 4 nitrogen and oxygen atoms in total. The maximum atomic E-state index is 6.01. The summed E-state index contributed by atoms with van der Waals surface area (Å²) in [5.74, 6) is 2.83. The van der Waals surface area contributed by atoms with E-state index in [0.29, 0.717) is 11.7 Å². The van der Waals surface area contributed by atoms with E-state index < -0.39 is 0 Å². The molecule has 1 aromatic carbocycles. The third-order valence-electron chi connectivity index (χ3n) is 3.80. The van der Waals surface area contributed by atoms with Gasteiger partial charge < -0.3 is 11.1 Å². The van der Waals surface area contributed by atoms with Gasteiger partial charge in [-0.1, -0.05) is 30.3 Å². The van der Waals surface area contributed by atoms with E-state index in [0.717, 1.165) is 17.2 Å². The SMILES string of the molecule is Cc1c(N)nc(C2CC2)nc1NC(C)c1ccccc1. The Labute approximate surface area is 119 Å². The van der Waals surface area contributed by atoms with Gasteiger partial charge in [-0.3, -0.25) is 0 Å². The molecule has 1 saturated carbocycles. The van der Waals surface area contributed by atoms with Crippen LogP contribution in [0, 0.1) is 6.92 Å². The molecule has 1 aliphatic rings. The Morgan fingerprint density at radius 1 is 1.20 bits per heavy atom. The lowest BCUT2D eigenvalue weighted by molar-refractivity contribution is 0.850. The molecular weight excluding hydrogens is 248 g/mol. The van der Waals surface area contributed by atoms with Crippen molar-refractivity contribution >= 4 is 11.6 Å². The van der Waals surface area contributed by atoms with Crippen LogP contribution in [0.15, 0.2) is 30.3 Å². The predicted molar refractivity (Wildman–Crippen MR) is 81.6 cm³/mol. The van der Waals surface area contributed by atoms with E-state index in [2.05, 4.69) is 34.3 Å². The van der Waals surface area contributed by atoms with Gasteiger partial charge in [0.25, 0.3) is 0 Å². The fraction of sp³-hybridized carbons (Fsp3) is 0.375. The standard InChI is InChI=1S/C16H20N4/c1-10-14(17)19-16(13-8-9-13)20-15(10)18-11(2)12-6-4-3-5-7-12/h3-7,11,13H,8-9H2,1-2H3,(H3,17,18,19,20). The van der Waals surface area contributed by atoms with Crippen LogP contribution in [0.25, 0.3) is 0 Å². The molecule has 104 valence electrons. The smallest absolute Gasteiger partial charge is 0.136 e. The van der Waals surface area contributed by atoms with Crippen LogP contribution in [-0.4, -0.2) is 9.97 Å². The molecule has 1 aliphatic carbocycles. The molecule has 0 radical (unpaired) electrons. The minimum atomic E-state index is 0.191. The number of benzene rings is 1. The van der Waals surface area contributed by atoms with E-state index in [-0.39, 0.29) is 6.04 Å². The highest BCUT2D eigenvalue weighted by Gasteiger charge is 2.28. The zero-order valence-electron chi connectivity index (χ0n) is 11.9. The molecule has 3 N–H and O–H groups in total. The summed E-state index contributed by atoms with van der Waals surface area (Å²) in [6, 6.07) is 10.5. The summed E-state index contributed by atoms with van der Waals surface area (Å²) < 4.78 is 0. The van der Waals surface area contributed by atoms with Crippen molar-refractivity contribution in [1.82, 2.24) is 9.97 Å². The molecule has 4 heteroatoms. The molecule has 1 atom stereocenters. The largest absolute Gasteiger partial charge is 0.383 e. The minimum Gasteiger partial charge on any atom is -0.383 e.